The Kier molecular flexibility index (Phi) is 7.35. The predicted molar refractivity (Wildman–Crippen MR) is 89.9 cm³/mol. The Bertz CT molecular complexity index is 405. The summed E-state index contributed by atoms with van der Waals surface area (Å²) < 4.78 is 0. The topological polar surface area (TPSA) is 18.5 Å². The van der Waals surface area contributed by atoms with Crippen LogP contribution in [0.15, 0.2) is 18.2 Å². The molecule has 0 aliphatic rings. The zero-order valence-corrected chi connectivity index (χ0v) is 14.2. The summed E-state index contributed by atoms with van der Waals surface area (Å²) in [6.07, 6.45) is 1.15. The molecule has 0 amide bonds. The van der Waals surface area contributed by atoms with Crippen LogP contribution in [0.2, 0.25) is 5.02 Å². The van der Waals surface area contributed by atoms with Crippen LogP contribution in [-0.4, -0.2) is 45.2 Å². The lowest BCUT2D eigenvalue weighted by Crippen LogP contribution is -2.26. The monoisotopic (exact) mass is 297 g/mol. The van der Waals surface area contributed by atoms with Crippen molar-refractivity contribution >= 4 is 17.3 Å². The van der Waals surface area contributed by atoms with E-state index in [4.69, 9.17) is 11.6 Å². The molecule has 0 saturated carbocycles. The second-order valence-corrected chi connectivity index (χ2v) is 6.32. The molecule has 0 bridgehead atoms. The summed E-state index contributed by atoms with van der Waals surface area (Å²) in [5.41, 5.74) is 2.53. The molecule has 0 aromatic heterocycles. The van der Waals surface area contributed by atoms with Crippen LogP contribution >= 0.6 is 11.6 Å². The first-order valence-corrected chi connectivity index (χ1v) is 7.65. The Morgan fingerprint density at radius 1 is 1.15 bits per heavy atom. The fourth-order valence-corrected chi connectivity index (χ4v) is 2.27. The van der Waals surface area contributed by atoms with Crippen molar-refractivity contribution in [2.75, 3.05) is 39.1 Å². The van der Waals surface area contributed by atoms with Crippen molar-refractivity contribution in [3.63, 3.8) is 0 Å². The first-order valence-electron chi connectivity index (χ1n) is 7.28. The molecular weight excluding hydrogens is 270 g/mol. The maximum Gasteiger partial charge on any atom is 0.0426 e. The molecule has 0 aliphatic carbocycles. The molecular formula is C16H28ClN3. The molecule has 0 unspecified atom stereocenters. The van der Waals surface area contributed by atoms with E-state index in [1.54, 1.807) is 0 Å². The fourth-order valence-electron chi connectivity index (χ4n) is 2.10. The molecule has 1 rings (SSSR count). The van der Waals surface area contributed by atoms with Gasteiger partial charge in [0.2, 0.25) is 0 Å². The zero-order valence-electron chi connectivity index (χ0n) is 13.4. The number of benzene rings is 1. The van der Waals surface area contributed by atoms with E-state index in [1.165, 1.54) is 11.3 Å². The van der Waals surface area contributed by atoms with Crippen molar-refractivity contribution in [1.29, 1.82) is 0 Å². The van der Waals surface area contributed by atoms with Crippen molar-refractivity contribution in [2.24, 2.45) is 0 Å². The normalized spacial score (nSPS) is 11.4. The summed E-state index contributed by atoms with van der Waals surface area (Å²) >= 11 is 6.15. The molecule has 0 heterocycles. The van der Waals surface area contributed by atoms with Crippen LogP contribution in [0.3, 0.4) is 0 Å². The standard InChI is InChI=1S/C16H28ClN3/c1-13(2)18-12-14-7-8-15(17)11-16(14)20(5)10-6-9-19(3)4/h7-8,11,13,18H,6,9-10,12H2,1-5H3. The molecule has 0 fully saturated rings. The molecule has 114 valence electrons. The molecule has 0 saturated heterocycles. The van der Waals surface area contributed by atoms with Gasteiger partial charge in [-0.2, -0.15) is 0 Å². The van der Waals surface area contributed by atoms with Gasteiger partial charge in [0.1, 0.15) is 0 Å². The van der Waals surface area contributed by atoms with Gasteiger partial charge in [0, 0.05) is 36.9 Å². The van der Waals surface area contributed by atoms with Gasteiger partial charge >= 0.3 is 0 Å². The van der Waals surface area contributed by atoms with Gasteiger partial charge in [-0.25, -0.2) is 0 Å². The Hall–Kier alpha value is -0.770. The third kappa shape index (κ3) is 6.12. The number of rotatable bonds is 8. The lowest BCUT2D eigenvalue weighted by molar-refractivity contribution is 0.401. The van der Waals surface area contributed by atoms with E-state index < -0.39 is 0 Å². The fraction of sp³-hybridized carbons (Fsp3) is 0.625. The van der Waals surface area contributed by atoms with Crippen molar-refractivity contribution in [3.8, 4) is 0 Å². The number of halogens is 1. The van der Waals surface area contributed by atoms with Gasteiger partial charge in [-0.3, -0.25) is 0 Å². The highest BCUT2D eigenvalue weighted by molar-refractivity contribution is 6.30. The Labute approximate surface area is 128 Å². The molecule has 4 heteroatoms. The average molecular weight is 298 g/mol. The SMILES string of the molecule is CC(C)NCc1ccc(Cl)cc1N(C)CCCN(C)C. The van der Waals surface area contributed by atoms with Gasteiger partial charge in [-0.05, 0) is 44.8 Å². The molecule has 3 nitrogen and oxygen atoms in total. The maximum atomic E-state index is 6.15. The third-order valence-electron chi connectivity index (χ3n) is 3.26. The van der Waals surface area contributed by atoms with Gasteiger partial charge in [-0.15, -0.1) is 0 Å². The van der Waals surface area contributed by atoms with Crippen molar-refractivity contribution in [2.45, 2.75) is 32.9 Å². The second kappa shape index (κ2) is 8.50. The van der Waals surface area contributed by atoms with Crippen molar-refractivity contribution < 1.29 is 0 Å². The van der Waals surface area contributed by atoms with E-state index in [9.17, 15) is 0 Å². The minimum atomic E-state index is 0.484. The van der Waals surface area contributed by atoms with Gasteiger partial charge < -0.3 is 15.1 Å². The van der Waals surface area contributed by atoms with E-state index in [2.05, 4.69) is 62.2 Å². The minimum Gasteiger partial charge on any atom is -0.374 e. The largest absolute Gasteiger partial charge is 0.374 e. The number of hydrogen-bond acceptors (Lipinski definition) is 3. The maximum absolute atomic E-state index is 6.15. The molecule has 1 N–H and O–H groups in total. The van der Waals surface area contributed by atoms with Gasteiger partial charge in [-0.1, -0.05) is 31.5 Å². The quantitative estimate of drug-likeness (QED) is 0.795. The molecule has 1 aromatic carbocycles. The van der Waals surface area contributed by atoms with Crippen molar-refractivity contribution in [1.82, 2.24) is 10.2 Å². The first-order chi connectivity index (χ1) is 9.40. The average Bonchev–Trinajstić information content (AvgIpc) is 2.36. The van der Waals surface area contributed by atoms with Crippen LogP contribution in [-0.2, 0) is 6.54 Å². The smallest absolute Gasteiger partial charge is 0.0426 e. The van der Waals surface area contributed by atoms with Crippen LogP contribution < -0.4 is 10.2 Å². The highest BCUT2D eigenvalue weighted by Crippen LogP contribution is 2.24. The third-order valence-corrected chi connectivity index (χ3v) is 3.49. The molecule has 1 aromatic rings. The Balaban J connectivity index is 2.71. The minimum absolute atomic E-state index is 0.484. The lowest BCUT2D eigenvalue weighted by atomic mass is 10.1. The predicted octanol–water partition coefficient (Wildman–Crippen LogP) is 3.23. The van der Waals surface area contributed by atoms with Crippen LogP contribution in [0.25, 0.3) is 0 Å². The van der Waals surface area contributed by atoms with E-state index in [-0.39, 0.29) is 0 Å². The Morgan fingerprint density at radius 3 is 2.45 bits per heavy atom. The van der Waals surface area contributed by atoms with E-state index >= 15 is 0 Å². The summed E-state index contributed by atoms with van der Waals surface area (Å²) in [5, 5.41) is 4.27. The van der Waals surface area contributed by atoms with Crippen LogP contribution in [0, 0.1) is 0 Å². The number of nitrogens with zero attached hydrogens (tertiary/aromatic N) is 2. The summed E-state index contributed by atoms with van der Waals surface area (Å²) in [4.78, 5) is 4.51. The highest BCUT2D eigenvalue weighted by Gasteiger charge is 2.09. The van der Waals surface area contributed by atoms with Gasteiger partial charge in [0.25, 0.3) is 0 Å². The zero-order chi connectivity index (χ0) is 15.1. The first kappa shape index (κ1) is 17.3. The molecule has 0 aliphatic heterocycles. The summed E-state index contributed by atoms with van der Waals surface area (Å²) in [7, 11) is 6.36. The number of anilines is 1. The van der Waals surface area contributed by atoms with Crippen LogP contribution in [0.4, 0.5) is 5.69 Å². The molecule has 0 atom stereocenters. The van der Waals surface area contributed by atoms with Crippen molar-refractivity contribution in [3.05, 3.63) is 28.8 Å². The van der Waals surface area contributed by atoms with E-state index in [0.717, 1.165) is 31.1 Å². The highest BCUT2D eigenvalue weighted by atomic mass is 35.5. The molecule has 20 heavy (non-hydrogen) atoms. The summed E-state index contributed by atoms with van der Waals surface area (Å²) in [6, 6.07) is 6.64. The Morgan fingerprint density at radius 2 is 1.85 bits per heavy atom. The van der Waals surface area contributed by atoms with Crippen LogP contribution in [0.1, 0.15) is 25.8 Å². The molecule has 0 spiro atoms. The lowest BCUT2D eigenvalue weighted by Gasteiger charge is -2.24. The summed E-state index contributed by atoms with van der Waals surface area (Å²) in [6.45, 7) is 7.34. The van der Waals surface area contributed by atoms with Crippen LogP contribution in [0.5, 0.6) is 0 Å². The second-order valence-electron chi connectivity index (χ2n) is 5.89. The van der Waals surface area contributed by atoms with Gasteiger partial charge in [0.05, 0.1) is 0 Å². The molecule has 0 radical (unpaired) electrons. The van der Waals surface area contributed by atoms with E-state index in [0.29, 0.717) is 6.04 Å². The number of hydrogen-bond donors (Lipinski definition) is 1. The number of nitrogens with one attached hydrogen (secondary N) is 1. The summed E-state index contributed by atoms with van der Waals surface area (Å²) in [5.74, 6) is 0. The van der Waals surface area contributed by atoms with E-state index in [1.807, 2.05) is 6.07 Å². The van der Waals surface area contributed by atoms with Gasteiger partial charge in [0.15, 0.2) is 0 Å².